The standard InChI is InChI=1S/C20H25N3O2S/c1-24-18-8-6-17(7-9-18)21-20(26)23-12-10-22(11-13-23)15-16-4-3-5-19(14-16)25-2/h3-9,14H,10-13,15H2,1-2H3,(H,21,26). The number of methoxy groups -OCH3 is 2. The second kappa shape index (κ2) is 8.87. The first-order valence-corrected chi connectivity index (χ1v) is 9.14. The third-order valence-corrected chi connectivity index (χ3v) is 4.90. The molecule has 138 valence electrons. The largest absolute Gasteiger partial charge is 0.497 e. The average molecular weight is 372 g/mol. The summed E-state index contributed by atoms with van der Waals surface area (Å²) in [6, 6.07) is 16.1. The van der Waals surface area contributed by atoms with Crippen LogP contribution >= 0.6 is 12.2 Å². The zero-order valence-electron chi connectivity index (χ0n) is 15.3. The molecule has 1 heterocycles. The molecule has 3 rings (SSSR count). The number of benzene rings is 2. The smallest absolute Gasteiger partial charge is 0.173 e. The van der Waals surface area contributed by atoms with Gasteiger partial charge in [0.1, 0.15) is 11.5 Å². The highest BCUT2D eigenvalue weighted by Crippen LogP contribution is 2.17. The number of rotatable bonds is 5. The van der Waals surface area contributed by atoms with Gasteiger partial charge in [-0.05, 0) is 54.2 Å². The maximum atomic E-state index is 5.57. The van der Waals surface area contributed by atoms with Crippen LogP contribution in [0.4, 0.5) is 5.69 Å². The van der Waals surface area contributed by atoms with Crippen molar-refractivity contribution in [1.29, 1.82) is 0 Å². The van der Waals surface area contributed by atoms with E-state index in [0.717, 1.165) is 55.0 Å². The molecule has 5 nitrogen and oxygen atoms in total. The van der Waals surface area contributed by atoms with E-state index in [0.29, 0.717) is 0 Å². The van der Waals surface area contributed by atoms with Crippen LogP contribution in [0.2, 0.25) is 0 Å². The fourth-order valence-electron chi connectivity index (χ4n) is 3.01. The molecular formula is C20H25N3O2S. The zero-order valence-corrected chi connectivity index (χ0v) is 16.1. The molecule has 2 aromatic carbocycles. The van der Waals surface area contributed by atoms with Gasteiger partial charge in [-0.2, -0.15) is 0 Å². The van der Waals surface area contributed by atoms with Gasteiger partial charge in [0.25, 0.3) is 0 Å². The summed E-state index contributed by atoms with van der Waals surface area (Å²) in [6.07, 6.45) is 0. The second-order valence-corrected chi connectivity index (χ2v) is 6.66. The van der Waals surface area contributed by atoms with Crippen LogP contribution in [0.3, 0.4) is 0 Å². The molecule has 26 heavy (non-hydrogen) atoms. The third kappa shape index (κ3) is 4.86. The zero-order chi connectivity index (χ0) is 18.4. The van der Waals surface area contributed by atoms with Crippen LogP contribution in [-0.4, -0.2) is 55.3 Å². The molecule has 0 unspecified atom stereocenters. The van der Waals surface area contributed by atoms with Crippen LogP contribution in [0, 0.1) is 0 Å². The first kappa shape index (κ1) is 18.5. The Balaban J connectivity index is 1.48. The van der Waals surface area contributed by atoms with Gasteiger partial charge in [-0.3, -0.25) is 4.90 Å². The molecule has 0 atom stereocenters. The minimum Gasteiger partial charge on any atom is -0.497 e. The van der Waals surface area contributed by atoms with Gasteiger partial charge in [0.05, 0.1) is 14.2 Å². The number of nitrogens with zero attached hydrogens (tertiary/aromatic N) is 2. The van der Waals surface area contributed by atoms with Gasteiger partial charge in [-0.25, -0.2) is 0 Å². The molecule has 0 radical (unpaired) electrons. The van der Waals surface area contributed by atoms with Crippen LogP contribution in [0.25, 0.3) is 0 Å². The Bertz CT molecular complexity index is 728. The highest BCUT2D eigenvalue weighted by Gasteiger charge is 2.19. The summed E-state index contributed by atoms with van der Waals surface area (Å²) in [5.74, 6) is 1.75. The van der Waals surface area contributed by atoms with Crippen molar-refractivity contribution in [2.24, 2.45) is 0 Å². The van der Waals surface area contributed by atoms with Crippen molar-refractivity contribution in [3.63, 3.8) is 0 Å². The molecule has 1 aliphatic rings. The summed E-state index contributed by atoms with van der Waals surface area (Å²) < 4.78 is 10.5. The summed E-state index contributed by atoms with van der Waals surface area (Å²) in [6.45, 7) is 4.75. The molecule has 0 aromatic heterocycles. The van der Waals surface area contributed by atoms with Gasteiger partial charge in [0.15, 0.2) is 5.11 Å². The van der Waals surface area contributed by atoms with Crippen LogP contribution in [0.5, 0.6) is 11.5 Å². The van der Waals surface area contributed by atoms with Crippen molar-refractivity contribution < 1.29 is 9.47 Å². The van der Waals surface area contributed by atoms with E-state index in [-0.39, 0.29) is 0 Å². The Morgan fingerprint density at radius 3 is 2.31 bits per heavy atom. The van der Waals surface area contributed by atoms with E-state index in [2.05, 4.69) is 27.2 Å². The van der Waals surface area contributed by atoms with Crippen molar-refractivity contribution in [2.45, 2.75) is 6.54 Å². The fourth-order valence-corrected chi connectivity index (χ4v) is 3.32. The third-order valence-electron chi connectivity index (χ3n) is 4.54. The molecule has 0 saturated carbocycles. The van der Waals surface area contributed by atoms with Gasteiger partial charge in [-0.15, -0.1) is 0 Å². The SMILES string of the molecule is COc1ccc(NC(=S)N2CCN(Cc3cccc(OC)c3)CC2)cc1. The van der Waals surface area contributed by atoms with Gasteiger partial charge in [0.2, 0.25) is 0 Å². The van der Waals surface area contributed by atoms with Crippen molar-refractivity contribution in [3.05, 3.63) is 54.1 Å². The molecule has 1 N–H and O–H groups in total. The molecule has 2 aromatic rings. The lowest BCUT2D eigenvalue weighted by molar-refractivity contribution is 0.177. The first-order chi connectivity index (χ1) is 12.7. The molecule has 0 bridgehead atoms. The minimum absolute atomic E-state index is 0.774. The maximum Gasteiger partial charge on any atom is 0.173 e. The summed E-state index contributed by atoms with van der Waals surface area (Å²) in [4.78, 5) is 4.67. The van der Waals surface area contributed by atoms with E-state index in [1.807, 2.05) is 36.4 Å². The lowest BCUT2D eigenvalue weighted by Crippen LogP contribution is -2.49. The van der Waals surface area contributed by atoms with Gasteiger partial charge in [0, 0.05) is 38.4 Å². The molecule has 0 amide bonds. The maximum absolute atomic E-state index is 5.57. The summed E-state index contributed by atoms with van der Waals surface area (Å²) in [7, 11) is 3.37. The topological polar surface area (TPSA) is 37.0 Å². The molecule has 6 heteroatoms. The predicted octanol–water partition coefficient (Wildman–Crippen LogP) is 3.22. The Kier molecular flexibility index (Phi) is 6.30. The number of thiocarbonyl (C=S) groups is 1. The second-order valence-electron chi connectivity index (χ2n) is 6.27. The predicted molar refractivity (Wildman–Crippen MR) is 109 cm³/mol. The summed E-state index contributed by atoms with van der Waals surface area (Å²) in [5.41, 5.74) is 2.26. The lowest BCUT2D eigenvalue weighted by atomic mass is 10.2. The Morgan fingerprint density at radius 1 is 0.962 bits per heavy atom. The van der Waals surface area contributed by atoms with E-state index in [4.69, 9.17) is 21.7 Å². The van der Waals surface area contributed by atoms with Crippen molar-refractivity contribution in [1.82, 2.24) is 9.80 Å². The number of nitrogens with one attached hydrogen (secondary N) is 1. The summed E-state index contributed by atoms with van der Waals surface area (Å²) in [5, 5.41) is 4.08. The molecule has 0 spiro atoms. The van der Waals surface area contributed by atoms with E-state index in [9.17, 15) is 0 Å². The van der Waals surface area contributed by atoms with E-state index >= 15 is 0 Å². The molecule has 1 aliphatic heterocycles. The first-order valence-electron chi connectivity index (χ1n) is 8.73. The Labute approximate surface area is 160 Å². The number of hydrogen-bond acceptors (Lipinski definition) is 4. The molecule has 1 saturated heterocycles. The van der Waals surface area contributed by atoms with Crippen LogP contribution in [0.15, 0.2) is 48.5 Å². The van der Waals surface area contributed by atoms with Crippen molar-refractivity contribution in [2.75, 3.05) is 45.7 Å². The van der Waals surface area contributed by atoms with Crippen molar-refractivity contribution in [3.8, 4) is 11.5 Å². The van der Waals surface area contributed by atoms with E-state index in [1.165, 1.54) is 5.56 Å². The van der Waals surface area contributed by atoms with Gasteiger partial charge < -0.3 is 19.7 Å². The fraction of sp³-hybridized carbons (Fsp3) is 0.350. The van der Waals surface area contributed by atoms with E-state index in [1.54, 1.807) is 14.2 Å². The number of anilines is 1. The average Bonchev–Trinajstić information content (AvgIpc) is 2.69. The van der Waals surface area contributed by atoms with Gasteiger partial charge in [-0.1, -0.05) is 12.1 Å². The Hall–Kier alpha value is -2.31. The van der Waals surface area contributed by atoms with Crippen molar-refractivity contribution >= 4 is 23.0 Å². The molecular weight excluding hydrogens is 346 g/mol. The van der Waals surface area contributed by atoms with Crippen LogP contribution < -0.4 is 14.8 Å². The number of ether oxygens (including phenoxy) is 2. The summed E-state index contributed by atoms with van der Waals surface area (Å²) >= 11 is 5.57. The van der Waals surface area contributed by atoms with Crippen LogP contribution in [-0.2, 0) is 6.54 Å². The monoisotopic (exact) mass is 371 g/mol. The Morgan fingerprint density at radius 2 is 1.65 bits per heavy atom. The van der Waals surface area contributed by atoms with E-state index < -0.39 is 0 Å². The normalized spacial score (nSPS) is 14.8. The molecule has 1 fully saturated rings. The van der Waals surface area contributed by atoms with Gasteiger partial charge >= 0.3 is 0 Å². The minimum atomic E-state index is 0.774. The highest BCUT2D eigenvalue weighted by molar-refractivity contribution is 7.80. The highest BCUT2D eigenvalue weighted by atomic mass is 32.1. The lowest BCUT2D eigenvalue weighted by Gasteiger charge is -2.36. The molecule has 0 aliphatic carbocycles. The number of piperazine rings is 1. The van der Waals surface area contributed by atoms with Crippen LogP contribution in [0.1, 0.15) is 5.56 Å². The number of hydrogen-bond donors (Lipinski definition) is 1. The quantitative estimate of drug-likeness (QED) is 0.814.